The molecule has 0 spiro atoms. The molecular weight excluding hydrogens is 274 g/mol. The summed E-state index contributed by atoms with van der Waals surface area (Å²) in [7, 11) is 0. The lowest BCUT2D eigenvalue weighted by Gasteiger charge is -2.04. The van der Waals surface area contributed by atoms with Crippen LogP contribution in [0.25, 0.3) is 0 Å². The third-order valence-electron chi connectivity index (χ3n) is 2.00. The quantitative estimate of drug-likeness (QED) is 0.922. The van der Waals surface area contributed by atoms with Gasteiger partial charge in [-0.2, -0.15) is 0 Å². The fourth-order valence-electron chi connectivity index (χ4n) is 1.29. The zero-order valence-corrected chi connectivity index (χ0v) is 10.6. The van der Waals surface area contributed by atoms with E-state index in [1.54, 1.807) is 11.3 Å². The molecule has 2 heterocycles. The summed E-state index contributed by atoms with van der Waals surface area (Å²) in [6.07, 6.45) is 0.746. The van der Waals surface area contributed by atoms with Crippen molar-refractivity contribution in [1.29, 1.82) is 0 Å². The predicted octanol–water partition coefficient (Wildman–Crippen LogP) is 2.78. The average Bonchev–Trinajstić information content (AvgIpc) is 2.66. The number of rotatable bonds is 2. The van der Waals surface area contributed by atoms with Gasteiger partial charge in [0.15, 0.2) is 0 Å². The van der Waals surface area contributed by atoms with Crippen LogP contribution in [-0.2, 0) is 6.42 Å². The van der Waals surface area contributed by atoms with Crippen molar-refractivity contribution in [1.82, 2.24) is 9.97 Å². The zero-order chi connectivity index (χ0) is 10.8. The summed E-state index contributed by atoms with van der Waals surface area (Å²) in [5.74, 6) is 1.28. The first-order valence-corrected chi connectivity index (χ1v) is 6.15. The minimum atomic E-state index is 0.508. The maximum atomic E-state index is 5.76. The molecule has 0 aliphatic heterocycles. The fourth-order valence-corrected chi connectivity index (χ4v) is 2.17. The first kappa shape index (κ1) is 10.6. The Kier molecular flexibility index (Phi) is 3.02. The first-order valence-electron chi connectivity index (χ1n) is 4.47. The highest BCUT2D eigenvalue weighted by Gasteiger charge is 2.07. The van der Waals surface area contributed by atoms with E-state index in [2.05, 4.69) is 32.0 Å². The van der Waals surface area contributed by atoms with E-state index in [0.29, 0.717) is 5.82 Å². The molecular formula is C10H10BrN3S. The minimum absolute atomic E-state index is 0.508. The second-order valence-electron chi connectivity index (χ2n) is 3.18. The van der Waals surface area contributed by atoms with Gasteiger partial charge >= 0.3 is 0 Å². The van der Waals surface area contributed by atoms with Gasteiger partial charge in [0.2, 0.25) is 0 Å². The highest BCUT2D eigenvalue weighted by atomic mass is 79.9. The van der Waals surface area contributed by atoms with Crippen LogP contribution in [0.4, 0.5) is 5.82 Å². The molecule has 5 heteroatoms. The van der Waals surface area contributed by atoms with E-state index in [-0.39, 0.29) is 0 Å². The molecule has 2 aromatic heterocycles. The molecule has 3 nitrogen and oxygen atoms in total. The molecule has 15 heavy (non-hydrogen) atoms. The van der Waals surface area contributed by atoms with Crippen molar-refractivity contribution in [3.8, 4) is 0 Å². The average molecular weight is 284 g/mol. The van der Waals surface area contributed by atoms with Gasteiger partial charge in [0.05, 0.1) is 10.2 Å². The Labute approximate surface area is 101 Å². The smallest absolute Gasteiger partial charge is 0.141 e. The molecule has 0 saturated heterocycles. The lowest BCUT2D eigenvalue weighted by Crippen LogP contribution is -2.03. The van der Waals surface area contributed by atoms with Crippen molar-refractivity contribution in [2.45, 2.75) is 13.3 Å². The molecule has 2 aromatic rings. The Bertz CT molecular complexity index is 445. The fraction of sp³-hybridized carbons (Fsp3) is 0.200. The molecule has 0 radical (unpaired) electrons. The van der Waals surface area contributed by atoms with Crippen LogP contribution in [0.15, 0.2) is 22.0 Å². The number of nitrogens with zero attached hydrogens (tertiary/aromatic N) is 2. The molecule has 0 bridgehead atoms. The van der Waals surface area contributed by atoms with Gasteiger partial charge in [-0.05, 0) is 34.3 Å². The number of hydrogen-bond acceptors (Lipinski definition) is 4. The molecule has 0 amide bonds. The Morgan fingerprint density at radius 1 is 1.47 bits per heavy atom. The first-order chi connectivity index (χ1) is 7.16. The van der Waals surface area contributed by atoms with Gasteiger partial charge in [-0.25, -0.2) is 9.97 Å². The second-order valence-corrected chi connectivity index (χ2v) is 5.01. The van der Waals surface area contributed by atoms with Gasteiger partial charge in [0, 0.05) is 11.3 Å². The summed E-state index contributed by atoms with van der Waals surface area (Å²) >= 11 is 5.04. The number of anilines is 1. The van der Waals surface area contributed by atoms with Crippen LogP contribution < -0.4 is 5.73 Å². The van der Waals surface area contributed by atoms with Crippen molar-refractivity contribution >= 4 is 33.1 Å². The summed E-state index contributed by atoms with van der Waals surface area (Å²) < 4.78 is 0.789. The number of hydrogen-bond donors (Lipinski definition) is 1. The number of nitrogen functional groups attached to an aromatic ring is 1. The molecule has 2 rings (SSSR count). The van der Waals surface area contributed by atoms with E-state index < -0.39 is 0 Å². The SMILES string of the molecule is Cc1nc(Cc2cccs2)nc(N)c1Br. The van der Waals surface area contributed by atoms with Crippen LogP contribution >= 0.6 is 27.3 Å². The van der Waals surface area contributed by atoms with Crippen molar-refractivity contribution in [3.63, 3.8) is 0 Å². The summed E-state index contributed by atoms with van der Waals surface area (Å²) in [5.41, 5.74) is 6.64. The third kappa shape index (κ3) is 2.35. The number of thiophene rings is 1. The highest BCUT2D eigenvalue weighted by molar-refractivity contribution is 9.10. The predicted molar refractivity (Wildman–Crippen MR) is 66.0 cm³/mol. The molecule has 0 fully saturated rings. The van der Waals surface area contributed by atoms with E-state index in [1.807, 2.05) is 18.4 Å². The van der Waals surface area contributed by atoms with E-state index in [1.165, 1.54) is 4.88 Å². The standard InChI is InChI=1S/C10H10BrN3S/c1-6-9(11)10(12)14-8(13-6)5-7-3-2-4-15-7/h2-4H,5H2,1H3,(H2,12,13,14). The van der Waals surface area contributed by atoms with Crippen molar-refractivity contribution in [2.24, 2.45) is 0 Å². The van der Waals surface area contributed by atoms with E-state index in [4.69, 9.17) is 5.73 Å². The molecule has 0 aromatic carbocycles. The molecule has 2 N–H and O–H groups in total. The molecule has 0 saturated carbocycles. The number of nitrogens with two attached hydrogens (primary N) is 1. The van der Waals surface area contributed by atoms with Crippen LogP contribution in [0.2, 0.25) is 0 Å². The largest absolute Gasteiger partial charge is 0.383 e. The van der Waals surface area contributed by atoms with Crippen molar-refractivity contribution < 1.29 is 0 Å². The Morgan fingerprint density at radius 2 is 2.27 bits per heavy atom. The Balaban J connectivity index is 2.30. The summed E-state index contributed by atoms with van der Waals surface area (Å²) in [6, 6.07) is 4.09. The normalized spacial score (nSPS) is 10.5. The molecule has 0 unspecified atom stereocenters. The van der Waals surface area contributed by atoms with Gasteiger partial charge in [-0.1, -0.05) is 6.07 Å². The maximum Gasteiger partial charge on any atom is 0.141 e. The minimum Gasteiger partial charge on any atom is -0.383 e. The zero-order valence-electron chi connectivity index (χ0n) is 8.20. The van der Waals surface area contributed by atoms with Crippen LogP contribution in [0.1, 0.15) is 16.4 Å². The number of aryl methyl sites for hydroxylation is 1. The third-order valence-corrected chi connectivity index (χ3v) is 3.86. The van der Waals surface area contributed by atoms with E-state index >= 15 is 0 Å². The van der Waals surface area contributed by atoms with E-state index in [9.17, 15) is 0 Å². The van der Waals surface area contributed by atoms with Crippen LogP contribution in [-0.4, -0.2) is 9.97 Å². The van der Waals surface area contributed by atoms with Crippen LogP contribution in [0, 0.1) is 6.92 Å². The molecule has 78 valence electrons. The summed E-state index contributed by atoms with van der Waals surface area (Å²) in [6.45, 7) is 1.92. The number of halogens is 1. The maximum absolute atomic E-state index is 5.76. The van der Waals surface area contributed by atoms with Crippen LogP contribution in [0.3, 0.4) is 0 Å². The lowest BCUT2D eigenvalue weighted by atomic mass is 10.3. The summed E-state index contributed by atoms with van der Waals surface area (Å²) in [5, 5.41) is 2.05. The molecule has 0 aliphatic carbocycles. The Hall–Kier alpha value is -0.940. The molecule has 0 aliphatic rings. The highest BCUT2D eigenvalue weighted by Crippen LogP contribution is 2.21. The second kappa shape index (κ2) is 4.28. The number of aromatic nitrogens is 2. The monoisotopic (exact) mass is 283 g/mol. The van der Waals surface area contributed by atoms with Gasteiger partial charge in [0.1, 0.15) is 11.6 Å². The molecule has 0 atom stereocenters. The van der Waals surface area contributed by atoms with Crippen LogP contribution in [0.5, 0.6) is 0 Å². The van der Waals surface area contributed by atoms with Crippen molar-refractivity contribution in [2.75, 3.05) is 5.73 Å². The van der Waals surface area contributed by atoms with Gasteiger partial charge in [-0.3, -0.25) is 0 Å². The topological polar surface area (TPSA) is 51.8 Å². The Morgan fingerprint density at radius 3 is 2.87 bits per heavy atom. The summed E-state index contributed by atoms with van der Waals surface area (Å²) in [4.78, 5) is 9.86. The van der Waals surface area contributed by atoms with E-state index in [0.717, 1.165) is 22.4 Å². The lowest BCUT2D eigenvalue weighted by molar-refractivity contribution is 0.951. The van der Waals surface area contributed by atoms with Gasteiger partial charge < -0.3 is 5.73 Å². The van der Waals surface area contributed by atoms with Crippen molar-refractivity contribution in [3.05, 3.63) is 38.4 Å². The van der Waals surface area contributed by atoms with Gasteiger partial charge in [0.25, 0.3) is 0 Å². The van der Waals surface area contributed by atoms with Gasteiger partial charge in [-0.15, -0.1) is 11.3 Å².